The van der Waals surface area contributed by atoms with E-state index in [0.29, 0.717) is 5.92 Å². The number of benzene rings is 1. The Labute approximate surface area is 157 Å². The summed E-state index contributed by atoms with van der Waals surface area (Å²) >= 11 is 0. The van der Waals surface area contributed by atoms with Gasteiger partial charge in [0.05, 0.1) is 6.61 Å². The minimum Gasteiger partial charge on any atom is -0.384 e. The smallest absolute Gasteiger partial charge is 0.253 e. The van der Waals surface area contributed by atoms with E-state index in [4.69, 9.17) is 4.74 Å². The van der Waals surface area contributed by atoms with Crippen LogP contribution in [0.1, 0.15) is 40.7 Å². The lowest BCUT2D eigenvalue weighted by molar-refractivity contribution is 0.0716. The molecule has 1 spiro atoms. The summed E-state index contributed by atoms with van der Waals surface area (Å²) in [5.41, 5.74) is 3.49. The largest absolute Gasteiger partial charge is 0.384 e. The predicted molar refractivity (Wildman–Crippen MR) is 103 cm³/mol. The van der Waals surface area contributed by atoms with Crippen LogP contribution in [0.15, 0.2) is 18.2 Å². The maximum atomic E-state index is 13.1. The number of carbonyl (C=O) groups is 1. The number of amides is 1. The van der Waals surface area contributed by atoms with Gasteiger partial charge in [0.1, 0.15) is 0 Å². The lowest BCUT2D eigenvalue weighted by atomic mass is 9.77. The molecule has 3 aliphatic rings. The van der Waals surface area contributed by atoms with Crippen molar-refractivity contribution < 1.29 is 9.53 Å². The molecule has 0 bridgehead atoms. The Morgan fingerprint density at radius 1 is 1.23 bits per heavy atom. The average molecular weight is 357 g/mol. The number of likely N-dealkylation sites (tertiary alicyclic amines) is 2. The van der Waals surface area contributed by atoms with Crippen molar-refractivity contribution in [2.24, 2.45) is 17.3 Å². The van der Waals surface area contributed by atoms with Crippen molar-refractivity contribution in [3.63, 3.8) is 0 Å². The Kier molecular flexibility index (Phi) is 4.83. The third-order valence-electron chi connectivity index (χ3n) is 6.89. The molecule has 2 saturated heterocycles. The first kappa shape index (κ1) is 18.0. The maximum Gasteiger partial charge on any atom is 0.253 e. The van der Waals surface area contributed by atoms with Crippen LogP contribution in [0.5, 0.6) is 0 Å². The molecule has 4 nitrogen and oxygen atoms in total. The minimum absolute atomic E-state index is 0.196. The minimum atomic E-state index is 0.196. The van der Waals surface area contributed by atoms with Crippen molar-refractivity contribution in [3.8, 4) is 0 Å². The molecular formula is C22H32N2O2. The Morgan fingerprint density at radius 2 is 2.04 bits per heavy atom. The second kappa shape index (κ2) is 6.97. The van der Waals surface area contributed by atoms with Gasteiger partial charge in [-0.2, -0.15) is 0 Å². The first-order valence-corrected chi connectivity index (χ1v) is 10.1. The molecule has 1 saturated carbocycles. The molecule has 0 N–H and O–H groups in total. The number of hydrogen-bond acceptors (Lipinski definition) is 3. The van der Waals surface area contributed by atoms with Crippen molar-refractivity contribution in [2.45, 2.75) is 33.1 Å². The maximum absolute atomic E-state index is 13.1. The molecule has 0 radical (unpaired) electrons. The average Bonchev–Trinajstić information content (AvgIpc) is 3.23. The second-order valence-electron chi connectivity index (χ2n) is 8.93. The van der Waals surface area contributed by atoms with Gasteiger partial charge >= 0.3 is 0 Å². The molecule has 1 aliphatic carbocycles. The molecule has 0 aromatic heterocycles. The normalized spacial score (nSPS) is 29.0. The van der Waals surface area contributed by atoms with Crippen molar-refractivity contribution in [1.82, 2.24) is 9.80 Å². The quantitative estimate of drug-likeness (QED) is 0.813. The molecule has 2 atom stereocenters. The van der Waals surface area contributed by atoms with Gasteiger partial charge in [0.2, 0.25) is 0 Å². The highest BCUT2D eigenvalue weighted by molar-refractivity contribution is 5.94. The van der Waals surface area contributed by atoms with Gasteiger partial charge in [-0.3, -0.25) is 4.79 Å². The lowest BCUT2D eigenvalue weighted by Crippen LogP contribution is -2.38. The van der Waals surface area contributed by atoms with Crippen molar-refractivity contribution in [1.29, 1.82) is 0 Å². The van der Waals surface area contributed by atoms with Crippen molar-refractivity contribution in [3.05, 3.63) is 34.9 Å². The standard InChI is InChI=1S/C22H32N2O2/c1-16-4-7-19(10-17(16)2)21(25)24-9-8-22(15-24)14-23(11-18-5-6-18)12-20(22)13-26-3/h4,7,10,18,20H,5-6,8-9,11-15H2,1-3H3/t20-,22-/m0/s1. The highest BCUT2D eigenvalue weighted by atomic mass is 16.5. The molecule has 4 heteroatoms. The molecule has 0 unspecified atom stereocenters. The Hall–Kier alpha value is -1.39. The van der Waals surface area contributed by atoms with E-state index >= 15 is 0 Å². The lowest BCUT2D eigenvalue weighted by Gasteiger charge is -2.30. The van der Waals surface area contributed by atoms with Crippen molar-refractivity contribution >= 4 is 5.91 Å². The third kappa shape index (κ3) is 3.41. The number of nitrogens with zero attached hydrogens (tertiary/aromatic N) is 2. The van der Waals surface area contributed by atoms with Crippen LogP contribution in [0.25, 0.3) is 0 Å². The second-order valence-corrected chi connectivity index (χ2v) is 8.93. The van der Waals surface area contributed by atoms with E-state index < -0.39 is 0 Å². The molecule has 2 aliphatic heterocycles. The molecule has 1 aromatic rings. The van der Waals surface area contributed by atoms with Crippen LogP contribution in [0.4, 0.5) is 0 Å². The van der Waals surface area contributed by atoms with Gasteiger partial charge in [0.25, 0.3) is 5.91 Å². The Bertz CT molecular complexity index is 685. The summed E-state index contributed by atoms with van der Waals surface area (Å²) in [7, 11) is 1.81. The van der Waals surface area contributed by atoms with Gasteiger partial charge in [-0.05, 0) is 62.3 Å². The van der Waals surface area contributed by atoms with Gasteiger partial charge < -0.3 is 14.5 Å². The molecule has 26 heavy (non-hydrogen) atoms. The SMILES string of the molecule is COC[C@@H]1CN(CC2CC2)C[C@]12CCN(C(=O)c1ccc(C)c(C)c1)C2. The molecule has 142 valence electrons. The van der Waals surface area contributed by atoms with Crippen LogP contribution >= 0.6 is 0 Å². The highest BCUT2D eigenvalue weighted by Gasteiger charge is 2.51. The van der Waals surface area contributed by atoms with Crippen LogP contribution in [0.2, 0.25) is 0 Å². The number of ether oxygens (including phenoxy) is 1. The summed E-state index contributed by atoms with van der Waals surface area (Å²) in [6.45, 7) is 10.3. The van der Waals surface area contributed by atoms with E-state index in [1.165, 1.54) is 30.5 Å². The zero-order valence-corrected chi connectivity index (χ0v) is 16.5. The van der Waals surface area contributed by atoms with Gasteiger partial charge in [-0.15, -0.1) is 0 Å². The van der Waals surface area contributed by atoms with Crippen molar-refractivity contribution in [2.75, 3.05) is 46.4 Å². The summed E-state index contributed by atoms with van der Waals surface area (Å²) < 4.78 is 5.56. The fraction of sp³-hybridized carbons (Fsp3) is 0.682. The predicted octanol–water partition coefficient (Wildman–Crippen LogP) is 3.12. The van der Waals surface area contributed by atoms with Gasteiger partial charge in [-0.1, -0.05) is 6.07 Å². The molecule has 1 amide bonds. The van der Waals surface area contributed by atoms with Gasteiger partial charge in [0, 0.05) is 56.7 Å². The van der Waals surface area contributed by atoms with Crippen LogP contribution in [0.3, 0.4) is 0 Å². The first-order valence-electron chi connectivity index (χ1n) is 10.1. The van der Waals surface area contributed by atoms with E-state index in [2.05, 4.69) is 29.7 Å². The first-order chi connectivity index (χ1) is 12.5. The van der Waals surface area contributed by atoms with Crippen LogP contribution in [0, 0.1) is 31.1 Å². The van der Waals surface area contributed by atoms with E-state index in [-0.39, 0.29) is 11.3 Å². The fourth-order valence-electron chi connectivity index (χ4n) is 4.97. The van der Waals surface area contributed by atoms with Crippen LogP contribution < -0.4 is 0 Å². The number of rotatable bonds is 5. The number of carbonyl (C=O) groups excluding carboxylic acids is 1. The molecule has 1 aromatic carbocycles. The number of hydrogen-bond donors (Lipinski definition) is 0. The van der Waals surface area contributed by atoms with E-state index in [0.717, 1.165) is 50.7 Å². The highest BCUT2D eigenvalue weighted by Crippen LogP contribution is 2.45. The zero-order chi connectivity index (χ0) is 18.3. The zero-order valence-electron chi connectivity index (χ0n) is 16.5. The van der Waals surface area contributed by atoms with Crippen LogP contribution in [-0.4, -0.2) is 62.1 Å². The fourth-order valence-corrected chi connectivity index (χ4v) is 4.97. The molecular weight excluding hydrogens is 324 g/mol. The monoisotopic (exact) mass is 356 g/mol. The summed E-state index contributed by atoms with van der Waals surface area (Å²) in [6, 6.07) is 6.09. The Morgan fingerprint density at radius 3 is 2.73 bits per heavy atom. The summed E-state index contributed by atoms with van der Waals surface area (Å²) in [5.74, 6) is 1.66. The molecule has 2 heterocycles. The number of aryl methyl sites for hydroxylation is 2. The van der Waals surface area contributed by atoms with E-state index in [9.17, 15) is 4.79 Å². The summed E-state index contributed by atoms with van der Waals surface area (Å²) in [6.07, 6.45) is 3.91. The molecule has 3 fully saturated rings. The third-order valence-corrected chi connectivity index (χ3v) is 6.89. The molecule has 4 rings (SSSR count). The number of methoxy groups -OCH3 is 1. The van der Waals surface area contributed by atoms with Gasteiger partial charge in [0.15, 0.2) is 0 Å². The summed E-state index contributed by atoms with van der Waals surface area (Å²) in [5, 5.41) is 0. The van der Waals surface area contributed by atoms with E-state index in [1.807, 2.05) is 19.2 Å². The Balaban J connectivity index is 1.48. The topological polar surface area (TPSA) is 32.8 Å². The van der Waals surface area contributed by atoms with Crippen LogP contribution in [-0.2, 0) is 4.74 Å². The summed E-state index contributed by atoms with van der Waals surface area (Å²) in [4.78, 5) is 17.8. The van der Waals surface area contributed by atoms with Gasteiger partial charge in [-0.25, -0.2) is 0 Å². The van der Waals surface area contributed by atoms with E-state index in [1.54, 1.807) is 0 Å².